The van der Waals surface area contributed by atoms with Crippen LogP contribution in [0, 0.1) is 0 Å². The number of benzene rings is 3. The van der Waals surface area contributed by atoms with Gasteiger partial charge in [-0.15, -0.1) is 0 Å². The van der Waals surface area contributed by atoms with Crippen LogP contribution in [-0.2, 0) is 40.4 Å². The van der Waals surface area contributed by atoms with Gasteiger partial charge in [0.2, 0.25) is 0 Å². The number of amides is 1. The van der Waals surface area contributed by atoms with Crippen LogP contribution in [0.2, 0.25) is 0 Å². The lowest BCUT2D eigenvalue weighted by Crippen LogP contribution is -2.17. The van der Waals surface area contributed by atoms with Gasteiger partial charge < -0.3 is 25.1 Å². The van der Waals surface area contributed by atoms with Crippen LogP contribution in [0.5, 0.6) is 0 Å². The predicted molar refractivity (Wildman–Crippen MR) is 143 cm³/mol. The topological polar surface area (TPSA) is 95.6 Å². The molecular formula is C30H31N3O4. The van der Waals surface area contributed by atoms with Crippen LogP contribution in [0.25, 0.3) is 32.9 Å². The second-order valence-electron chi connectivity index (χ2n) is 10.1. The first-order valence-corrected chi connectivity index (χ1v) is 12.9. The zero-order valence-electron chi connectivity index (χ0n) is 21.2. The summed E-state index contributed by atoms with van der Waals surface area (Å²) in [5.74, 6) is -0.394. The van der Waals surface area contributed by atoms with Crippen molar-refractivity contribution in [2.45, 2.75) is 52.5 Å². The fourth-order valence-electron chi connectivity index (χ4n) is 5.88. The summed E-state index contributed by atoms with van der Waals surface area (Å²) in [5, 5.41) is 5.36. The van der Waals surface area contributed by atoms with E-state index in [0.29, 0.717) is 32.7 Å². The van der Waals surface area contributed by atoms with Gasteiger partial charge in [0.25, 0.3) is 5.91 Å². The summed E-state index contributed by atoms with van der Waals surface area (Å²) in [4.78, 5) is 24.8. The molecule has 190 valence electrons. The molecule has 1 aromatic heterocycles. The number of ether oxygens (including phenoxy) is 2. The summed E-state index contributed by atoms with van der Waals surface area (Å²) in [6.45, 7) is 5.99. The number of aryl methyl sites for hydroxylation is 1. The summed E-state index contributed by atoms with van der Waals surface area (Å²) in [5.41, 5.74) is 15.3. The Kier molecular flexibility index (Phi) is 5.97. The monoisotopic (exact) mass is 497 g/mol. The maximum absolute atomic E-state index is 13.2. The van der Waals surface area contributed by atoms with Crippen molar-refractivity contribution in [3.63, 3.8) is 0 Å². The van der Waals surface area contributed by atoms with E-state index in [9.17, 15) is 9.59 Å². The number of nitrogens with one attached hydrogen (secondary N) is 1. The standard InChI is InChI=1S/C30H31N3O4/c1-17(2)37-16-18-8-9-24-21(12-18)27-23-15-32-30(35)28(23)26-20-7-4-3-6-19(20)13-22(26)29(27)33(24)10-5-11-36-25(34)14-31/h3-4,6-9,12,17H,5,10-11,13-16,31H2,1-2H3,(H,32,35). The van der Waals surface area contributed by atoms with Crippen molar-refractivity contribution in [1.29, 1.82) is 0 Å². The molecule has 0 fully saturated rings. The Morgan fingerprint density at radius 3 is 2.78 bits per heavy atom. The van der Waals surface area contributed by atoms with E-state index in [0.717, 1.165) is 50.5 Å². The molecule has 0 bridgehead atoms. The van der Waals surface area contributed by atoms with Crippen molar-refractivity contribution in [2.24, 2.45) is 5.73 Å². The molecule has 37 heavy (non-hydrogen) atoms. The van der Waals surface area contributed by atoms with E-state index >= 15 is 0 Å². The van der Waals surface area contributed by atoms with E-state index in [2.05, 4.69) is 46.3 Å². The number of nitrogens with two attached hydrogens (primary N) is 1. The van der Waals surface area contributed by atoms with Crippen LogP contribution in [0.15, 0.2) is 42.5 Å². The Hall–Kier alpha value is -3.68. The molecule has 0 atom stereocenters. The molecular weight excluding hydrogens is 466 g/mol. The van der Waals surface area contributed by atoms with Gasteiger partial charge in [-0.25, -0.2) is 0 Å². The van der Waals surface area contributed by atoms with Crippen molar-refractivity contribution < 1.29 is 19.1 Å². The minimum Gasteiger partial charge on any atom is -0.465 e. The molecule has 6 rings (SSSR count). The third kappa shape index (κ3) is 3.90. The zero-order chi connectivity index (χ0) is 25.7. The highest BCUT2D eigenvalue weighted by molar-refractivity contribution is 6.20. The number of carbonyl (C=O) groups excluding carboxylic acids is 2. The summed E-state index contributed by atoms with van der Waals surface area (Å²) in [7, 11) is 0. The van der Waals surface area contributed by atoms with E-state index in [-0.39, 0.29) is 18.6 Å². The number of nitrogens with zero attached hydrogens (tertiary/aromatic N) is 1. The van der Waals surface area contributed by atoms with Gasteiger partial charge >= 0.3 is 5.97 Å². The SMILES string of the molecule is CC(C)OCc1ccc2c(c1)c1c3c(c4c(c1n2CCCOC(=O)CN)Cc1ccccc1-4)C(=O)NC3. The fraction of sp³-hybridized carbons (Fsp3) is 0.333. The van der Waals surface area contributed by atoms with Gasteiger partial charge in [0.05, 0.1) is 36.9 Å². The Morgan fingerprint density at radius 1 is 1.14 bits per heavy atom. The number of fused-ring (bicyclic) bond motifs is 10. The zero-order valence-corrected chi connectivity index (χ0v) is 21.2. The lowest BCUT2D eigenvalue weighted by molar-refractivity contribution is -0.142. The van der Waals surface area contributed by atoms with Crippen LogP contribution in [0.4, 0.5) is 0 Å². The molecule has 1 amide bonds. The van der Waals surface area contributed by atoms with Crippen molar-refractivity contribution in [3.05, 3.63) is 70.3 Å². The Balaban J connectivity index is 1.58. The molecule has 3 N–H and O–H groups in total. The summed E-state index contributed by atoms with van der Waals surface area (Å²) < 4.78 is 13.5. The highest BCUT2D eigenvalue weighted by Crippen LogP contribution is 2.48. The molecule has 0 unspecified atom stereocenters. The van der Waals surface area contributed by atoms with E-state index in [1.807, 2.05) is 19.9 Å². The maximum atomic E-state index is 13.2. The largest absolute Gasteiger partial charge is 0.465 e. The number of carbonyl (C=O) groups is 2. The normalized spacial score (nSPS) is 13.8. The summed E-state index contributed by atoms with van der Waals surface area (Å²) in [6, 6.07) is 14.9. The van der Waals surface area contributed by atoms with Crippen LogP contribution in [0.3, 0.4) is 0 Å². The van der Waals surface area contributed by atoms with E-state index in [1.165, 1.54) is 16.6 Å². The molecule has 3 aromatic carbocycles. The summed E-state index contributed by atoms with van der Waals surface area (Å²) in [6.07, 6.45) is 1.59. The molecule has 0 radical (unpaired) electrons. The van der Waals surface area contributed by atoms with Crippen molar-refractivity contribution in [3.8, 4) is 11.1 Å². The molecule has 1 aliphatic carbocycles. The van der Waals surface area contributed by atoms with Crippen LogP contribution >= 0.6 is 0 Å². The number of hydrogen-bond acceptors (Lipinski definition) is 5. The Labute approximate surface area is 215 Å². The average Bonchev–Trinajstić information content (AvgIpc) is 3.56. The second kappa shape index (κ2) is 9.32. The molecule has 0 saturated carbocycles. The van der Waals surface area contributed by atoms with Gasteiger partial charge in [-0.3, -0.25) is 9.59 Å². The molecule has 0 spiro atoms. The van der Waals surface area contributed by atoms with E-state index < -0.39 is 5.97 Å². The predicted octanol–water partition coefficient (Wildman–Crippen LogP) is 4.43. The number of aromatic nitrogens is 1. The van der Waals surface area contributed by atoms with Gasteiger partial charge in [0, 0.05) is 41.4 Å². The van der Waals surface area contributed by atoms with Crippen molar-refractivity contribution in [2.75, 3.05) is 13.2 Å². The first-order valence-electron chi connectivity index (χ1n) is 12.9. The number of rotatable bonds is 8. The lowest BCUT2D eigenvalue weighted by atomic mass is 9.92. The van der Waals surface area contributed by atoms with Gasteiger partial charge in [-0.1, -0.05) is 30.3 Å². The highest BCUT2D eigenvalue weighted by atomic mass is 16.5. The van der Waals surface area contributed by atoms with E-state index in [4.69, 9.17) is 15.2 Å². The van der Waals surface area contributed by atoms with Crippen molar-refractivity contribution in [1.82, 2.24) is 9.88 Å². The fourth-order valence-corrected chi connectivity index (χ4v) is 5.88. The lowest BCUT2D eigenvalue weighted by Gasteiger charge is -2.14. The van der Waals surface area contributed by atoms with Crippen LogP contribution < -0.4 is 11.1 Å². The minimum atomic E-state index is -0.393. The highest BCUT2D eigenvalue weighted by Gasteiger charge is 2.35. The molecule has 4 aromatic rings. The third-order valence-electron chi connectivity index (χ3n) is 7.41. The van der Waals surface area contributed by atoms with Crippen molar-refractivity contribution >= 4 is 33.7 Å². The first kappa shape index (κ1) is 23.7. The van der Waals surface area contributed by atoms with E-state index in [1.54, 1.807) is 0 Å². The molecule has 2 heterocycles. The Bertz CT molecular complexity index is 1570. The molecule has 7 heteroatoms. The summed E-state index contributed by atoms with van der Waals surface area (Å²) >= 11 is 0. The Morgan fingerprint density at radius 2 is 1.97 bits per heavy atom. The molecule has 0 saturated heterocycles. The number of esters is 1. The van der Waals surface area contributed by atoms with Crippen LogP contribution in [-0.4, -0.2) is 35.7 Å². The van der Waals surface area contributed by atoms with Gasteiger partial charge in [0.15, 0.2) is 0 Å². The molecule has 2 aliphatic rings. The first-order chi connectivity index (χ1) is 18.0. The minimum absolute atomic E-state index is 0.00116. The van der Waals surface area contributed by atoms with Gasteiger partial charge in [0.1, 0.15) is 0 Å². The quantitative estimate of drug-likeness (QED) is 0.244. The third-order valence-corrected chi connectivity index (χ3v) is 7.41. The smallest absolute Gasteiger partial charge is 0.319 e. The molecule has 1 aliphatic heterocycles. The molecule has 7 nitrogen and oxygen atoms in total. The number of hydrogen-bond donors (Lipinski definition) is 2. The second-order valence-corrected chi connectivity index (χ2v) is 10.1. The van der Waals surface area contributed by atoms with Gasteiger partial charge in [-0.2, -0.15) is 0 Å². The van der Waals surface area contributed by atoms with Gasteiger partial charge in [-0.05, 0) is 60.2 Å². The maximum Gasteiger partial charge on any atom is 0.319 e. The average molecular weight is 498 g/mol. The van der Waals surface area contributed by atoms with Crippen LogP contribution in [0.1, 0.15) is 52.9 Å².